The summed E-state index contributed by atoms with van der Waals surface area (Å²) in [6.45, 7) is 2.72. The number of rotatable bonds is 7. The molecule has 5 nitrogen and oxygen atoms in total. The van der Waals surface area contributed by atoms with Crippen molar-refractivity contribution in [2.24, 2.45) is 5.92 Å². The second kappa shape index (κ2) is 12.6. The zero-order valence-corrected chi connectivity index (χ0v) is 18.7. The topological polar surface area (TPSA) is 53.6 Å². The normalized spacial score (nSPS) is 13.8. The monoisotopic (exact) mass is 439 g/mol. The summed E-state index contributed by atoms with van der Waals surface area (Å²) in [5.41, 5.74) is 2.45. The zero-order valence-electron chi connectivity index (χ0n) is 17.0. The van der Waals surface area contributed by atoms with Gasteiger partial charge in [0.25, 0.3) is 5.91 Å². The van der Waals surface area contributed by atoms with E-state index in [4.69, 9.17) is 4.74 Å². The molecule has 3 rings (SSSR count). The third-order valence-corrected chi connectivity index (χ3v) is 5.21. The van der Waals surface area contributed by atoms with E-state index in [1.54, 1.807) is 7.11 Å². The number of methoxy groups -OCH3 is 1. The van der Waals surface area contributed by atoms with Crippen LogP contribution in [0.15, 0.2) is 48.5 Å². The molecule has 1 aliphatic rings. The molecule has 0 saturated carbocycles. The van der Waals surface area contributed by atoms with Gasteiger partial charge in [0.1, 0.15) is 5.75 Å². The summed E-state index contributed by atoms with van der Waals surface area (Å²) < 4.78 is 5.28. The van der Waals surface area contributed by atoms with Gasteiger partial charge in [-0.2, -0.15) is 0 Å². The van der Waals surface area contributed by atoms with Crippen molar-refractivity contribution in [2.75, 3.05) is 39.1 Å². The average molecular weight is 440 g/mol. The van der Waals surface area contributed by atoms with E-state index in [1.165, 1.54) is 6.42 Å². The van der Waals surface area contributed by atoms with Gasteiger partial charge in [-0.3, -0.25) is 4.79 Å². The van der Waals surface area contributed by atoms with Gasteiger partial charge in [-0.25, -0.2) is 0 Å². The van der Waals surface area contributed by atoms with E-state index in [2.05, 4.69) is 10.6 Å². The standard InChI is InChI=1S/C22H29N3O2.2ClH/c1-23-13-10-17-11-14-25(15-12-17)22(26)20-8-3-4-9-21(20)24-18-6-5-7-19(16-18)27-2;;/h3-9,16-17,23-24H,10-15H2,1-2H3;2*1H. The van der Waals surface area contributed by atoms with Gasteiger partial charge in [0.15, 0.2) is 0 Å². The summed E-state index contributed by atoms with van der Waals surface area (Å²) >= 11 is 0. The van der Waals surface area contributed by atoms with Crippen LogP contribution in [0.5, 0.6) is 5.75 Å². The number of halogens is 2. The summed E-state index contributed by atoms with van der Waals surface area (Å²) in [4.78, 5) is 15.1. The van der Waals surface area contributed by atoms with Crippen LogP contribution in [0, 0.1) is 5.92 Å². The maximum Gasteiger partial charge on any atom is 0.255 e. The number of hydrogen-bond acceptors (Lipinski definition) is 4. The first-order valence-electron chi connectivity index (χ1n) is 9.65. The van der Waals surface area contributed by atoms with E-state index in [1.807, 2.05) is 60.5 Å². The van der Waals surface area contributed by atoms with Gasteiger partial charge < -0.3 is 20.3 Å². The van der Waals surface area contributed by atoms with Gasteiger partial charge in [-0.1, -0.05) is 18.2 Å². The number of nitrogens with zero attached hydrogens (tertiary/aromatic N) is 1. The molecule has 0 aromatic heterocycles. The van der Waals surface area contributed by atoms with E-state index in [9.17, 15) is 4.79 Å². The minimum Gasteiger partial charge on any atom is -0.497 e. The molecule has 1 fully saturated rings. The third kappa shape index (κ3) is 6.81. The number of piperidine rings is 1. The molecule has 2 aromatic rings. The van der Waals surface area contributed by atoms with Crippen LogP contribution in [0.2, 0.25) is 0 Å². The van der Waals surface area contributed by atoms with Gasteiger partial charge in [-0.15, -0.1) is 24.8 Å². The van der Waals surface area contributed by atoms with E-state index < -0.39 is 0 Å². The summed E-state index contributed by atoms with van der Waals surface area (Å²) in [7, 11) is 3.64. The van der Waals surface area contributed by atoms with E-state index in [-0.39, 0.29) is 30.7 Å². The van der Waals surface area contributed by atoms with Gasteiger partial charge in [0.05, 0.1) is 18.4 Å². The maximum atomic E-state index is 13.1. The lowest BCUT2D eigenvalue weighted by Crippen LogP contribution is -2.39. The molecule has 29 heavy (non-hydrogen) atoms. The fourth-order valence-electron chi connectivity index (χ4n) is 3.58. The Morgan fingerprint density at radius 2 is 1.83 bits per heavy atom. The molecule has 2 aromatic carbocycles. The van der Waals surface area contributed by atoms with Crippen LogP contribution in [0.4, 0.5) is 11.4 Å². The first-order chi connectivity index (χ1) is 13.2. The van der Waals surface area contributed by atoms with Crippen LogP contribution in [0.25, 0.3) is 0 Å². The Bertz CT molecular complexity index is 765. The fourth-order valence-corrected chi connectivity index (χ4v) is 3.58. The molecule has 1 amide bonds. The molecule has 0 aliphatic carbocycles. The number of ether oxygens (including phenoxy) is 1. The highest BCUT2D eigenvalue weighted by molar-refractivity contribution is 6.00. The zero-order chi connectivity index (χ0) is 19.1. The van der Waals surface area contributed by atoms with Crippen molar-refractivity contribution in [2.45, 2.75) is 19.3 Å². The van der Waals surface area contributed by atoms with Crippen molar-refractivity contribution in [3.05, 3.63) is 54.1 Å². The van der Waals surface area contributed by atoms with E-state index in [0.29, 0.717) is 11.5 Å². The number of carbonyl (C=O) groups is 1. The Morgan fingerprint density at radius 1 is 1.10 bits per heavy atom. The Morgan fingerprint density at radius 3 is 2.52 bits per heavy atom. The van der Waals surface area contributed by atoms with Crippen molar-refractivity contribution in [3.63, 3.8) is 0 Å². The summed E-state index contributed by atoms with van der Waals surface area (Å²) in [6.07, 6.45) is 3.35. The number of likely N-dealkylation sites (tertiary alicyclic amines) is 1. The number of anilines is 2. The number of nitrogens with one attached hydrogen (secondary N) is 2. The van der Waals surface area contributed by atoms with Crippen molar-refractivity contribution in [3.8, 4) is 5.75 Å². The number of hydrogen-bond donors (Lipinski definition) is 2. The first-order valence-corrected chi connectivity index (χ1v) is 9.65. The smallest absolute Gasteiger partial charge is 0.255 e. The highest BCUT2D eigenvalue weighted by Gasteiger charge is 2.24. The van der Waals surface area contributed by atoms with E-state index >= 15 is 0 Å². The molecule has 7 heteroatoms. The van der Waals surface area contributed by atoms with Crippen LogP contribution in [-0.4, -0.2) is 44.6 Å². The quantitative estimate of drug-likeness (QED) is 0.653. The minimum atomic E-state index is 0. The van der Waals surface area contributed by atoms with Crippen molar-refractivity contribution in [1.29, 1.82) is 0 Å². The summed E-state index contributed by atoms with van der Waals surface area (Å²) in [5, 5.41) is 6.58. The Kier molecular flexibility index (Phi) is 10.9. The van der Waals surface area contributed by atoms with Gasteiger partial charge in [-0.05, 0) is 63.0 Å². The lowest BCUT2D eigenvalue weighted by atomic mass is 9.93. The molecule has 0 spiro atoms. The van der Waals surface area contributed by atoms with E-state index in [0.717, 1.165) is 49.6 Å². The van der Waals surface area contributed by atoms with Crippen LogP contribution in [0.1, 0.15) is 29.6 Å². The molecule has 0 radical (unpaired) electrons. The predicted octanol–water partition coefficient (Wildman–Crippen LogP) is 4.74. The first kappa shape index (κ1) is 25.1. The highest BCUT2D eigenvalue weighted by Crippen LogP contribution is 2.27. The molecular weight excluding hydrogens is 409 g/mol. The lowest BCUT2D eigenvalue weighted by Gasteiger charge is -2.32. The number of benzene rings is 2. The molecule has 1 saturated heterocycles. The molecule has 2 N–H and O–H groups in total. The van der Waals surface area contributed by atoms with Crippen LogP contribution >= 0.6 is 24.8 Å². The Hall–Kier alpha value is -1.95. The van der Waals surface area contributed by atoms with Crippen molar-refractivity contribution < 1.29 is 9.53 Å². The Balaban J connectivity index is 0.00000210. The second-order valence-corrected chi connectivity index (χ2v) is 7.03. The van der Waals surface area contributed by atoms with Crippen molar-refractivity contribution in [1.82, 2.24) is 10.2 Å². The molecule has 1 aliphatic heterocycles. The molecule has 1 heterocycles. The lowest BCUT2D eigenvalue weighted by molar-refractivity contribution is 0.0688. The highest BCUT2D eigenvalue weighted by atomic mass is 35.5. The maximum absolute atomic E-state index is 13.1. The largest absolute Gasteiger partial charge is 0.497 e. The van der Waals surface area contributed by atoms with Crippen molar-refractivity contribution >= 4 is 42.1 Å². The number of amides is 1. The SMILES string of the molecule is CNCCC1CCN(C(=O)c2ccccc2Nc2cccc(OC)c2)CC1.Cl.Cl. The van der Waals surface area contributed by atoms with Crippen LogP contribution < -0.4 is 15.4 Å². The Labute approximate surface area is 186 Å². The number of para-hydroxylation sites is 1. The fraction of sp³-hybridized carbons (Fsp3) is 0.409. The molecule has 0 unspecified atom stereocenters. The van der Waals surface area contributed by atoms with Gasteiger partial charge in [0, 0.05) is 24.8 Å². The van der Waals surface area contributed by atoms with Gasteiger partial charge in [0.2, 0.25) is 0 Å². The molecular formula is C22H31Cl2N3O2. The molecule has 160 valence electrons. The molecule has 0 bridgehead atoms. The minimum absolute atomic E-state index is 0. The van der Waals surface area contributed by atoms with Gasteiger partial charge >= 0.3 is 0 Å². The predicted molar refractivity (Wildman–Crippen MR) is 124 cm³/mol. The van der Waals surface area contributed by atoms with Crippen LogP contribution in [0.3, 0.4) is 0 Å². The van der Waals surface area contributed by atoms with Crippen LogP contribution in [-0.2, 0) is 0 Å². The number of carbonyl (C=O) groups excluding carboxylic acids is 1. The second-order valence-electron chi connectivity index (χ2n) is 7.03. The molecule has 0 atom stereocenters. The third-order valence-electron chi connectivity index (χ3n) is 5.21. The average Bonchev–Trinajstić information content (AvgIpc) is 2.72. The summed E-state index contributed by atoms with van der Waals surface area (Å²) in [5.74, 6) is 1.60. The summed E-state index contributed by atoms with van der Waals surface area (Å²) in [6, 6.07) is 15.4.